The van der Waals surface area contributed by atoms with Crippen LogP contribution in [0.15, 0.2) is 23.0 Å². The molecule has 0 radical (unpaired) electrons. The van der Waals surface area contributed by atoms with E-state index in [-0.39, 0.29) is 23.4 Å². The Morgan fingerprint density at radius 2 is 2.00 bits per heavy atom. The van der Waals surface area contributed by atoms with Crippen molar-refractivity contribution in [1.82, 2.24) is 14.9 Å². The standard InChI is InChI=1S/C15H13F4N3OS/c16-11-3-1-2-10(15(17,18)19)8(11)6-22-5-4-12-9(7-22)13(23)21-14(24)20-12/h1-3H,4-7H2,(H2,20,21,23,24). The number of hydrogen-bond acceptors (Lipinski definition) is 3. The van der Waals surface area contributed by atoms with Gasteiger partial charge in [0.25, 0.3) is 5.56 Å². The van der Waals surface area contributed by atoms with Crippen molar-refractivity contribution in [3.8, 4) is 0 Å². The number of hydrogen-bond donors (Lipinski definition) is 2. The SMILES string of the molecule is O=c1[nH]c(=S)[nH]c2c1CN(Cc1c(F)cccc1C(F)(F)F)CC2. The van der Waals surface area contributed by atoms with Crippen molar-refractivity contribution >= 4 is 12.2 Å². The lowest BCUT2D eigenvalue weighted by molar-refractivity contribution is -0.138. The summed E-state index contributed by atoms with van der Waals surface area (Å²) in [4.78, 5) is 18.9. The van der Waals surface area contributed by atoms with E-state index in [1.165, 1.54) is 0 Å². The average molecular weight is 359 g/mol. The molecule has 0 saturated heterocycles. The Balaban J connectivity index is 1.92. The van der Waals surface area contributed by atoms with E-state index in [9.17, 15) is 22.4 Å². The van der Waals surface area contributed by atoms with Gasteiger partial charge < -0.3 is 4.98 Å². The zero-order valence-electron chi connectivity index (χ0n) is 12.3. The molecule has 0 atom stereocenters. The number of alkyl halides is 3. The minimum absolute atomic E-state index is 0.127. The Kier molecular flexibility index (Phi) is 4.31. The first-order valence-corrected chi connectivity index (χ1v) is 7.58. The molecule has 0 spiro atoms. The summed E-state index contributed by atoms with van der Waals surface area (Å²) in [5, 5.41) is 0. The lowest BCUT2D eigenvalue weighted by Gasteiger charge is -2.28. The third-order valence-electron chi connectivity index (χ3n) is 4.00. The van der Waals surface area contributed by atoms with Crippen LogP contribution in [0.2, 0.25) is 0 Å². The maximum atomic E-state index is 13.9. The molecule has 0 fully saturated rings. The maximum absolute atomic E-state index is 13.9. The second-order valence-electron chi connectivity index (χ2n) is 5.59. The number of H-pyrrole nitrogens is 2. The Labute approximate surface area is 139 Å². The summed E-state index contributed by atoms with van der Waals surface area (Å²) in [6, 6.07) is 2.91. The molecule has 1 aromatic carbocycles. The van der Waals surface area contributed by atoms with Crippen molar-refractivity contribution < 1.29 is 17.6 Å². The van der Waals surface area contributed by atoms with E-state index in [0.717, 1.165) is 18.2 Å². The maximum Gasteiger partial charge on any atom is 0.416 e. The summed E-state index contributed by atoms with van der Waals surface area (Å²) >= 11 is 4.90. The molecule has 2 heterocycles. The van der Waals surface area contributed by atoms with E-state index >= 15 is 0 Å². The summed E-state index contributed by atoms with van der Waals surface area (Å²) in [7, 11) is 0. The molecule has 3 rings (SSSR count). The lowest BCUT2D eigenvalue weighted by atomic mass is 10.0. The fourth-order valence-corrected chi connectivity index (χ4v) is 3.07. The Morgan fingerprint density at radius 3 is 2.71 bits per heavy atom. The molecule has 2 aromatic rings. The Bertz CT molecular complexity index is 888. The molecule has 0 bridgehead atoms. The summed E-state index contributed by atoms with van der Waals surface area (Å²) < 4.78 is 53.4. The van der Waals surface area contributed by atoms with Crippen molar-refractivity contribution in [1.29, 1.82) is 0 Å². The first kappa shape index (κ1) is 16.8. The van der Waals surface area contributed by atoms with Crippen molar-refractivity contribution in [2.45, 2.75) is 25.7 Å². The van der Waals surface area contributed by atoms with E-state index in [2.05, 4.69) is 9.97 Å². The number of nitrogens with one attached hydrogen (secondary N) is 2. The van der Waals surface area contributed by atoms with E-state index in [1.54, 1.807) is 4.90 Å². The summed E-state index contributed by atoms with van der Waals surface area (Å²) in [5.41, 5.74) is -0.684. The van der Waals surface area contributed by atoms with Crippen LogP contribution < -0.4 is 5.56 Å². The van der Waals surface area contributed by atoms with E-state index in [0.29, 0.717) is 24.2 Å². The number of halogens is 4. The van der Waals surface area contributed by atoms with Gasteiger partial charge in [0, 0.05) is 37.3 Å². The van der Waals surface area contributed by atoms with Crippen LogP contribution in [0.25, 0.3) is 0 Å². The van der Waals surface area contributed by atoms with Gasteiger partial charge in [0.2, 0.25) is 0 Å². The largest absolute Gasteiger partial charge is 0.416 e. The molecule has 1 aliphatic heterocycles. The quantitative estimate of drug-likeness (QED) is 0.640. The number of rotatable bonds is 2. The molecule has 9 heteroatoms. The van der Waals surface area contributed by atoms with Crippen molar-refractivity contribution in [3.63, 3.8) is 0 Å². The van der Waals surface area contributed by atoms with Crippen LogP contribution in [0.1, 0.15) is 22.4 Å². The van der Waals surface area contributed by atoms with E-state index in [1.807, 2.05) is 0 Å². The van der Waals surface area contributed by atoms with Crippen molar-refractivity contribution in [2.24, 2.45) is 0 Å². The monoisotopic (exact) mass is 359 g/mol. The van der Waals surface area contributed by atoms with Gasteiger partial charge in [-0.25, -0.2) is 4.39 Å². The molecule has 1 aliphatic rings. The number of aromatic amines is 2. The highest BCUT2D eigenvalue weighted by molar-refractivity contribution is 7.71. The van der Waals surface area contributed by atoms with Crippen LogP contribution >= 0.6 is 12.2 Å². The molecular formula is C15H13F4N3OS. The predicted octanol–water partition coefficient (Wildman–Crippen LogP) is 3.15. The predicted molar refractivity (Wildman–Crippen MR) is 81.5 cm³/mol. The third-order valence-corrected chi connectivity index (χ3v) is 4.20. The van der Waals surface area contributed by atoms with Gasteiger partial charge in [0.05, 0.1) is 11.1 Å². The number of nitrogens with zero attached hydrogens (tertiary/aromatic N) is 1. The third kappa shape index (κ3) is 3.27. The van der Waals surface area contributed by atoms with Crippen LogP contribution in [0.3, 0.4) is 0 Å². The molecule has 0 amide bonds. The van der Waals surface area contributed by atoms with Gasteiger partial charge in [-0.05, 0) is 24.4 Å². The number of benzene rings is 1. The Hall–Kier alpha value is -2.00. The highest BCUT2D eigenvalue weighted by Crippen LogP contribution is 2.34. The first-order chi connectivity index (χ1) is 11.3. The van der Waals surface area contributed by atoms with Crippen LogP contribution in [0, 0.1) is 10.6 Å². The van der Waals surface area contributed by atoms with Gasteiger partial charge in [-0.15, -0.1) is 0 Å². The van der Waals surface area contributed by atoms with E-state index in [4.69, 9.17) is 12.2 Å². The second kappa shape index (κ2) is 6.14. The molecule has 0 aliphatic carbocycles. The molecule has 0 saturated carbocycles. The number of aromatic nitrogens is 2. The van der Waals surface area contributed by atoms with Gasteiger partial charge in [-0.3, -0.25) is 14.7 Å². The highest BCUT2D eigenvalue weighted by Gasteiger charge is 2.35. The van der Waals surface area contributed by atoms with E-state index < -0.39 is 23.1 Å². The summed E-state index contributed by atoms with van der Waals surface area (Å²) in [6.07, 6.45) is -4.20. The molecule has 24 heavy (non-hydrogen) atoms. The van der Waals surface area contributed by atoms with Gasteiger partial charge in [-0.2, -0.15) is 13.2 Å². The molecule has 2 N–H and O–H groups in total. The van der Waals surface area contributed by atoms with Gasteiger partial charge >= 0.3 is 6.18 Å². The zero-order chi connectivity index (χ0) is 17.5. The van der Waals surface area contributed by atoms with Crippen LogP contribution in [0.4, 0.5) is 17.6 Å². The first-order valence-electron chi connectivity index (χ1n) is 7.17. The van der Waals surface area contributed by atoms with Crippen LogP contribution in [-0.4, -0.2) is 21.4 Å². The lowest BCUT2D eigenvalue weighted by Crippen LogP contribution is -2.36. The van der Waals surface area contributed by atoms with Gasteiger partial charge in [0.15, 0.2) is 4.77 Å². The Morgan fingerprint density at radius 1 is 1.25 bits per heavy atom. The van der Waals surface area contributed by atoms with Gasteiger partial charge in [0.1, 0.15) is 5.82 Å². The minimum atomic E-state index is -4.63. The highest BCUT2D eigenvalue weighted by atomic mass is 32.1. The van der Waals surface area contributed by atoms with Crippen LogP contribution in [-0.2, 0) is 25.7 Å². The van der Waals surface area contributed by atoms with Crippen LogP contribution in [0.5, 0.6) is 0 Å². The second-order valence-corrected chi connectivity index (χ2v) is 6.00. The average Bonchev–Trinajstić information content (AvgIpc) is 2.48. The molecule has 4 nitrogen and oxygen atoms in total. The topological polar surface area (TPSA) is 51.9 Å². The molecule has 0 unspecified atom stereocenters. The molecule has 128 valence electrons. The fraction of sp³-hybridized carbons (Fsp3) is 0.333. The molecular weight excluding hydrogens is 346 g/mol. The van der Waals surface area contributed by atoms with Gasteiger partial charge in [-0.1, -0.05) is 6.07 Å². The summed E-state index contributed by atoms with van der Waals surface area (Å²) in [5.74, 6) is -0.906. The zero-order valence-corrected chi connectivity index (χ0v) is 13.2. The molecule has 1 aromatic heterocycles. The number of fused-ring (bicyclic) bond motifs is 1. The van der Waals surface area contributed by atoms with Crippen molar-refractivity contribution in [2.75, 3.05) is 6.54 Å². The fourth-order valence-electron chi connectivity index (χ4n) is 2.86. The minimum Gasteiger partial charge on any atom is -0.335 e. The van der Waals surface area contributed by atoms with Crippen molar-refractivity contribution in [3.05, 3.63) is 61.5 Å². The normalized spacial score (nSPS) is 15.3. The smallest absolute Gasteiger partial charge is 0.335 e. The summed E-state index contributed by atoms with van der Waals surface area (Å²) in [6.45, 7) is 0.297.